The summed E-state index contributed by atoms with van der Waals surface area (Å²) in [4.78, 5) is 2.25. The van der Waals surface area contributed by atoms with Gasteiger partial charge in [-0.25, -0.2) is 0 Å². The third-order valence-electron chi connectivity index (χ3n) is 3.22. The maximum atomic E-state index is 8.66. The van der Waals surface area contributed by atoms with Crippen LogP contribution in [0.2, 0.25) is 0 Å². The predicted molar refractivity (Wildman–Crippen MR) is 79.4 cm³/mol. The van der Waals surface area contributed by atoms with E-state index in [0.29, 0.717) is 11.6 Å². The van der Waals surface area contributed by atoms with Crippen molar-refractivity contribution in [2.75, 3.05) is 11.9 Å². The molecule has 18 heavy (non-hydrogen) atoms. The Bertz CT molecular complexity index is 430. The molecule has 0 atom stereocenters. The van der Waals surface area contributed by atoms with Crippen molar-refractivity contribution in [2.24, 2.45) is 10.9 Å². The van der Waals surface area contributed by atoms with Crippen molar-refractivity contribution in [3.8, 4) is 0 Å². The Hall–Kier alpha value is -1.23. The van der Waals surface area contributed by atoms with Gasteiger partial charge in [-0.1, -0.05) is 19.0 Å². The summed E-state index contributed by atoms with van der Waals surface area (Å²) in [6, 6.07) is 6.21. The molecule has 3 N–H and O–H groups in total. The van der Waals surface area contributed by atoms with E-state index < -0.39 is 0 Å². The van der Waals surface area contributed by atoms with Gasteiger partial charge in [-0.2, -0.15) is 0 Å². The van der Waals surface area contributed by atoms with Crippen LogP contribution in [0.4, 0.5) is 5.69 Å². The van der Waals surface area contributed by atoms with Gasteiger partial charge in [0.15, 0.2) is 5.84 Å². The lowest BCUT2D eigenvalue weighted by Gasteiger charge is -2.29. The van der Waals surface area contributed by atoms with Crippen molar-refractivity contribution in [2.45, 2.75) is 32.7 Å². The molecule has 0 aliphatic rings. The zero-order valence-electron chi connectivity index (χ0n) is 11.0. The zero-order chi connectivity index (χ0) is 13.7. The highest BCUT2D eigenvalue weighted by Gasteiger charge is 2.14. The minimum Gasteiger partial charge on any atom is -0.409 e. The molecule has 0 aliphatic carbocycles. The number of hydrogen-bond donors (Lipinski definition) is 2. The number of nitrogens with two attached hydrogens (primary N) is 1. The molecule has 0 spiro atoms. The van der Waals surface area contributed by atoms with Gasteiger partial charge in [-0.15, -0.1) is 0 Å². The second kappa shape index (κ2) is 6.64. The maximum Gasteiger partial charge on any atom is 0.170 e. The van der Waals surface area contributed by atoms with Crippen molar-refractivity contribution in [1.82, 2.24) is 0 Å². The van der Waals surface area contributed by atoms with Crippen LogP contribution >= 0.6 is 15.9 Å². The summed E-state index contributed by atoms with van der Waals surface area (Å²) in [6.07, 6.45) is 2.20. The van der Waals surface area contributed by atoms with Gasteiger partial charge < -0.3 is 15.8 Å². The van der Waals surface area contributed by atoms with Crippen LogP contribution in [0.25, 0.3) is 0 Å². The topological polar surface area (TPSA) is 61.8 Å². The molecule has 0 saturated carbocycles. The van der Waals surface area contributed by atoms with Gasteiger partial charge in [0.2, 0.25) is 0 Å². The first kappa shape index (κ1) is 14.8. The van der Waals surface area contributed by atoms with E-state index in [4.69, 9.17) is 10.9 Å². The summed E-state index contributed by atoms with van der Waals surface area (Å²) < 4.78 is 0.945. The van der Waals surface area contributed by atoms with Crippen molar-refractivity contribution in [3.05, 3.63) is 28.2 Å². The van der Waals surface area contributed by atoms with E-state index in [-0.39, 0.29) is 5.84 Å². The Labute approximate surface area is 117 Å². The molecule has 0 saturated heterocycles. The Morgan fingerprint density at radius 2 is 2.06 bits per heavy atom. The summed E-state index contributed by atoms with van der Waals surface area (Å²) in [5, 5.41) is 11.7. The summed E-state index contributed by atoms with van der Waals surface area (Å²) in [6.45, 7) is 4.37. The minimum absolute atomic E-state index is 0.118. The van der Waals surface area contributed by atoms with Crippen LogP contribution in [0.5, 0.6) is 0 Å². The number of oxime groups is 1. The standard InChI is InChI=1S/C13H20BrN3O/c1-4-10(5-2)17(3)12-7-6-9(8-11(12)14)13(15)16-18/h6-8,10,18H,4-5H2,1-3H3,(H2,15,16). The largest absolute Gasteiger partial charge is 0.409 e. The number of nitrogens with zero attached hydrogens (tertiary/aromatic N) is 2. The molecule has 0 aromatic heterocycles. The monoisotopic (exact) mass is 313 g/mol. The van der Waals surface area contributed by atoms with Crippen LogP contribution < -0.4 is 10.6 Å². The van der Waals surface area contributed by atoms with Gasteiger partial charge in [0.25, 0.3) is 0 Å². The number of halogens is 1. The van der Waals surface area contributed by atoms with E-state index in [0.717, 1.165) is 23.0 Å². The second-order valence-corrected chi connectivity index (χ2v) is 5.09. The van der Waals surface area contributed by atoms with Crippen molar-refractivity contribution in [1.29, 1.82) is 0 Å². The summed E-state index contributed by atoms with van der Waals surface area (Å²) in [5.41, 5.74) is 7.38. The normalized spacial score (nSPS) is 11.9. The highest BCUT2D eigenvalue weighted by atomic mass is 79.9. The number of amidine groups is 1. The minimum atomic E-state index is 0.118. The molecule has 4 nitrogen and oxygen atoms in total. The molecule has 0 bridgehead atoms. The lowest BCUT2D eigenvalue weighted by atomic mass is 10.1. The number of rotatable bonds is 5. The molecule has 0 aliphatic heterocycles. The van der Waals surface area contributed by atoms with E-state index in [9.17, 15) is 0 Å². The maximum absolute atomic E-state index is 8.66. The van der Waals surface area contributed by atoms with Crippen molar-refractivity contribution >= 4 is 27.5 Å². The summed E-state index contributed by atoms with van der Waals surface area (Å²) >= 11 is 3.54. The van der Waals surface area contributed by atoms with Crippen LogP contribution in [0.1, 0.15) is 32.3 Å². The van der Waals surface area contributed by atoms with Crippen LogP contribution in [0, 0.1) is 0 Å². The molecule has 0 radical (unpaired) electrons. The number of anilines is 1. The van der Waals surface area contributed by atoms with E-state index in [2.05, 4.69) is 46.9 Å². The van der Waals surface area contributed by atoms with Gasteiger partial charge >= 0.3 is 0 Å². The van der Waals surface area contributed by atoms with E-state index in [1.54, 1.807) is 0 Å². The molecular weight excluding hydrogens is 294 g/mol. The van der Waals surface area contributed by atoms with E-state index in [1.165, 1.54) is 0 Å². The number of benzene rings is 1. The molecule has 5 heteroatoms. The van der Waals surface area contributed by atoms with Gasteiger partial charge in [0, 0.05) is 23.1 Å². The Kier molecular flexibility index (Phi) is 5.47. The molecule has 0 fully saturated rings. The quantitative estimate of drug-likeness (QED) is 0.380. The smallest absolute Gasteiger partial charge is 0.170 e. The Morgan fingerprint density at radius 3 is 2.50 bits per heavy atom. The first-order valence-corrected chi connectivity index (χ1v) is 6.84. The first-order chi connectivity index (χ1) is 8.54. The van der Waals surface area contributed by atoms with Crippen molar-refractivity contribution in [3.63, 3.8) is 0 Å². The first-order valence-electron chi connectivity index (χ1n) is 6.05. The van der Waals surface area contributed by atoms with Crippen LogP contribution in [0.3, 0.4) is 0 Å². The molecule has 1 aromatic carbocycles. The second-order valence-electron chi connectivity index (χ2n) is 4.23. The highest BCUT2D eigenvalue weighted by molar-refractivity contribution is 9.10. The summed E-state index contributed by atoms with van der Waals surface area (Å²) in [5.74, 6) is 0.118. The van der Waals surface area contributed by atoms with Crippen LogP contribution in [0.15, 0.2) is 27.8 Å². The third kappa shape index (κ3) is 3.16. The van der Waals surface area contributed by atoms with E-state index >= 15 is 0 Å². The lowest BCUT2D eigenvalue weighted by molar-refractivity contribution is 0.318. The predicted octanol–water partition coefficient (Wildman–Crippen LogP) is 3.17. The molecule has 0 amide bonds. The molecule has 0 unspecified atom stereocenters. The molecule has 1 rings (SSSR count). The van der Waals surface area contributed by atoms with E-state index in [1.807, 2.05) is 18.2 Å². The number of hydrogen-bond acceptors (Lipinski definition) is 3. The fourth-order valence-electron chi connectivity index (χ4n) is 2.04. The Morgan fingerprint density at radius 1 is 1.44 bits per heavy atom. The molecule has 100 valence electrons. The Balaban J connectivity index is 3.05. The molecule has 0 heterocycles. The summed E-state index contributed by atoms with van der Waals surface area (Å²) in [7, 11) is 2.08. The molecular formula is C13H20BrN3O. The molecule has 1 aromatic rings. The van der Waals surface area contributed by atoms with Crippen LogP contribution in [-0.4, -0.2) is 24.1 Å². The van der Waals surface area contributed by atoms with Gasteiger partial charge in [-0.05, 0) is 47.0 Å². The lowest BCUT2D eigenvalue weighted by Crippen LogP contribution is -2.30. The average molecular weight is 314 g/mol. The van der Waals surface area contributed by atoms with Crippen molar-refractivity contribution < 1.29 is 5.21 Å². The van der Waals surface area contributed by atoms with Crippen LogP contribution in [-0.2, 0) is 0 Å². The fraction of sp³-hybridized carbons (Fsp3) is 0.462. The zero-order valence-corrected chi connectivity index (χ0v) is 12.6. The fourth-order valence-corrected chi connectivity index (χ4v) is 2.70. The SMILES string of the molecule is CCC(CC)N(C)c1ccc(/C(N)=N/O)cc1Br. The average Bonchev–Trinajstić information content (AvgIpc) is 2.38. The van der Waals surface area contributed by atoms with Gasteiger partial charge in [0.1, 0.15) is 0 Å². The third-order valence-corrected chi connectivity index (χ3v) is 3.86. The van der Waals surface area contributed by atoms with Gasteiger partial charge in [-0.3, -0.25) is 0 Å². The highest BCUT2D eigenvalue weighted by Crippen LogP contribution is 2.29. The van der Waals surface area contributed by atoms with Gasteiger partial charge in [0.05, 0.1) is 5.69 Å².